The van der Waals surface area contributed by atoms with Gasteiger partial charge in [0, 0.05) is 19.0 Å². The fraction of sp³-hybridized carbons (Fsp3) is 1.00. The topological polar surface area (TPSA) is 94.8 Å². The van der Waals surface area contributed by atoms with Gasteiger partial charge in [0.05, 0.1) is 0 Å². The Morgan fingerprint density at radius 3 is 1.20 bits per heavy atom. The van der Waals surface area contributed by atoms with Crippen LogP contribution in [0.15, 0.2) is 0 Å². The van der Waals surface area contributed by atoms with E-state index in [1.807, 2.05) is 0 Å². The first-order valence-electron chi connectivity index (χ1n) is 3.89. The van der Waals surface area contributed by atoms with Gasteiger partial charge in [-0.05, 0) is 0 Å². The number of aliphatic hydroxyl groups is 1. The van der Waals surface area contributed by atoms with Crippen molar-refractivity contribution < 1.29 is 24.0 Å². The van der Waals surface area contributed by atoms with Gasteiger partial charge in [0.15, 0.2) is 42.1 Å². The lowest BCUT2D eigenvalue weighted by Crippen LogP contribution is -1.84. The molecule has 0 rings (SSSR count). The highest BCUT2D eigenvalue weighted by Crippen LogP contribution is 2.38. The Balaban J connectivity index is -0.0000000718. The Bertz CT molecular complexity index is 210. The molecule has 9 heteroatoms. The molecular formula is C6H24Al2O5P2. The monoisotopic (exact) mass is 292 g/mol. The van der Waals surface area contributed by atoms with E-state index in [9.17, 15) is 9.13 Å². The number of hydrogen-bond donors (Lipinski definition) is 3. The molecule has 0 aliphatic rings. The summed E-state index contributed by atoms with van der Waals surface area (Å²) in [5.41, 5.74) is 0. The van der Waals surface area contributed by atoms with Crippen LogP contribution < -0.4 is 0 Å². The lowest BCUT2D eigenvalue weighted by atomic mass is 11.0. The maximum atomic E-state index is 10.5. The highest BCUT2D eigenvalue weighted by molar-refractivity contribution is 7.57. The predicted octanol–water partition coefficient (Wildman–Crippen LogP) is -1.23. The molecule has 0 heterocycles. The van der Waals surface area contributed by atoms with Gasteiger partial charge >= 0.3 is 0 Å². The lowest BCUT2D eigenvalue weighted by Gasteiger charge is -2.01. The molecular weight excluding hydrogens is 268 g/mol. The van der Waals surface area contributed by atoms with Gasteiger partial charge in [-0.3, -0.25) is 9.13 Å². The van der Waals surface area contributed by atoms with E-state index < -0.39 is 21.1 Å². The Morgan fingerprint density at radius 2 is 1.20 bits per heavy atom. The lowest BCUT2D eigenvalue weighted by molar-refractivity contribution is 0.335. The fourth-order valence-electron chi connectivity index (χ4n) is 0.224. The van der Waals surface area contributed by atoms with Crippen LogP contribution in [-0.4, -0.2) is 75.0 Å². The van der Waals surface area contributed by atoms with Crippen LogP contribution in [0.4, 0.5) is 0 Å². The van der Waals surface area contributed by atoms with Crippen molar-refractivity contribution in [2.75, 3.05) is 25.3 Å². The molecule has 94 valence electrons. The van der Waals surface area contributed by atoms with Crippen molar-refractivity contribution in [2.45, 2.75) is 13.8 Å². The van der Waals surface area contributed by atoms with Crippen LogP contribution in [0.2, 0.25) is 0 Å². The van der Waals surface area contributed by atoms with Crippen molar-refractivity contribution in [1.29, 1.82) is 0 Å². The molecule has 3 N–H and O–H groups in total. The molecule has 0 bridgehead atoms. The summed E-state index contributed by atoms with van der Waals surface area (Å²) in [7, 11) is -5.75. The highest BCUT2D eigenvalue weighted by Gasteiger charge is 2.08. The van der Waals surface area contributed by atoms with Crippen LogP contribution in [-0.2, 0) is 9.13 Å². The van der Waals surface area contributed by atoms with Crippen molar-refractivity contribution >= 4 is 49.5 Å². The van der Waals surface area contributed by atoms with Crippen LogP contribution in [0.25, 0.3) is 0 Å². The van der Waals surface area contributed by atoms with Gasteiger partial charge in [0.2, 0.25) is 7.37 Å². The summed E-state index contributed by atoms with van der Waals surface area (Å²) in [5, 5.41) is 7.89. The third-order valence-electron chi connectivity index (χ3n) is 1.25. The van der Waals surface area contributed by atoms with Crippen molar-refractivity contribution in [3.05, 3.63) is 0 Å². The van der Waals surface area contributed by atoms with Gasteiger partial charge in [-0.25, -0.2) is 0 Å². The average Bonchev–Trinajstić information content (AvgIpc) is 2.04. The second kappa shape index (κ2) is 11.9. The second-order valence-corrected chi connectivity index (χ2v) is 8.01. The van der Waals surface area contributed by atoms with E-state index in [-0.39, 0.29) is 34.7 Å². The molecule has 5 nitrogen and oxygen atoms in total. The number of aliphatic hydroxyl groups excluding tert-OH is 1. The first kappa shape index (κ1) is 25.3. The summed E-state index contributed by atoms with van der Waals surface area (Å²) in [4.78, 5) is 16.8. The van der Waals surface area contributed by atoms with Gasteiger partial charge in [-0.15, -0.1) is 0 Å². The SMILES string of the molecule is CCP(=O)(O)CC.CP(=O)(O)CO.[AlH3].[AlH3]. The minimum Gasteiger partial charge on any atom is -0.386 e. The Kier molecular flexibility index (Phi) is 20.0. The van der Waals surface area contributed by atoms with Crippen molar-refractivity contribution in [2.24, 2.45) is 0 Å². The minimum absolute atomic E-state index is 0. The summed E-state index contributed by atoms with van der Waals surface area (Å²) < 4.78 is 20.4. The van der Waals surface area contributed by atoms with Gasteiger partial charge in [-0.2, -0.15) is 0 Å². The summed E-state index contributed by atoms with van der Waals surface area (Å²) in [6, 6.07) is 0. The molecule has 1 atom stereocenters. The summed E-state index contributed by atoms with van der Waals surface area (Å²) in [5.74, 6) is 0. The standard InChI is InChI=1S/C4H11O2P.C2H7O3P.2Al.6H/c1-3-7(5,6)4-2;1-6(4,5)2-3;;;;;;;;/h3-4H2,1-2H3,(H,5,6);3H,2H2,1H3,(H,4,5);;;;;;;;. The van der Waals surface area contributed by atoms with Gasteiger partial charge in [-0.1, -0.05) is 13.8 Å². The molecule has 0 aromatic rings. The van der Waals surface area contributed by atoms with Gasteiger partial charge in [0.25, 0.3) is 0 Å². The second-order valence-electron chi connectivity index (χ2n) is 2.67. The van der Waals surface area contributed by atoms with Crippen LogP contribution in [0.5, 0.6) is 0 Å². The fourth-order valence-corrected chi connectivity index (χ4v) is 0.671. The average molecular weight is 292 g/mol. The smallest absolute Gasteiger partial charge is 0.222 e. The normalized spacial score (nSPS) is 13.5. The van der Waals surface area contributed by atoms with Crippen LogP contribution in [0, 0.1) is 0 Å². The zero-order valence-corrected chi connectivity index (χ0v) is 9.96. The molecule has 15 heavy (non-hydrogen) atoms. The van der Waals surface area contributed by atoms with Gasteiger partial charge < -0.3 is 14.9 Å². The van der Waals surface area contributed by atoms with Crippen LogP contribution in [0.1, 0.15) is 13.8 Å². The van der Waals surface area contributed by atoms with E-state index in [0.29, 0.717) is 12.3 Å². The minimum atomic E-state index is -3.09. The summed E-state index contributed by atoms with van der Waals surface area (Å²) in [6.07, 6.45) is 0.194. The molecule has 0 aromatic heterocycles. The van der Waals surface area contributed by atoms with Crippen LogP contribution in [0.3, 0.4) is 0 Å². The third kappa shape index (κ3) is 25.6. The molecule has 0 spiro atoms. The van der Waals surface area contributed by atoms with Gasteiger partial charge in [0.1, 0.15) is 6.35 Å². The molecule has 1 unspecified atom stereocenters. The Morgan fingerprint density at radius 1 is 1.00 bits per heavy atom. The Hall–Kier alpha value is 1.40. The third-order valence-corrected chi connectivity index (χ3v) is 3.75. The molecule has 0 amide bonds. The Labute approximate surface area is 112 Å². The number of rotatable bonds is 3. The van der Waals surface area contributed by atoms with Crippen molar-refractivity contribution in [3.8, 4) is 0 Å². The van der Waals surface area contributed by atoms with E-state index in [4.69, 9.17) is 14.9 Å². The van der Waals surface area contributed by atoms with E-state index in [1.54, 1.807) is 13.8 Å². The summed E-state index contributed by atoms with van der Waals surface area (Å²) in [6.45, 7) is 4.56. The molecule has 0 saturated heterocycles. The molecule has 0 aliphatic carbocycles. The zero-order valence-electron chi connectivity index (χ0n) is 8.17. The van der Waals surface area contributed by atoms with E-state index >= 15 is 0 Å². The van der Waals surface area contributed by atoms with E-state index in [0.717, 1.165) is 6.66 Å². The quantitative estimate of drug-likeness (QED) is 0.447. The van der Waals surface area contributed by atoms with Crippen molar-refractivity contribution in [3.63, 3.8) is 0 Å². The molecule has 0 radical (unpaired) electrons. The highest BCUT2D eigenvalue weighted by atomic mass is 31.2. The maximum Gasteiger partial charge on any atom is 0.222 e. The molecule has 0 fully saturated rings. The molecule has 0 aromatic carbocycles. The summed E-state index contributed by atoms with van der Waals surface area (Å²) >= 11 is 0. The largest absolute Gasteiger partial charge is 0.386 e. The molecule has 0 aliphatic heterocycles. The van der Waals surface area contributed by atoms with Crippen LogP contribution >= 0.6 is 14.7 Å². The zero-order chi connectivity index (χ0) is 11.1. The molecule has 0 saturated carbocycles. The van der Waals surface area contributed by atoms with Crippen molar-refractivity contribution in [1.82, 2.24) is 0 Å². The van der Waals surface area contributed by atoms with E-state index in [2.05, 4.69) is 0 Å². The predicted molar refractivity (Wildman–Crippen MR) is 73.6 cm³/mol. The first-order valence-corrected chi connectivity index (χ1v) is 8.21. The first-order chi connectivity index (χ1) is 5.68. The maximum absolute atomic E-state index is 10.5. The van der Waals surface area contributed by atoms with E-state index in [1.165, 1.54) is 0 Å². The number of hydrogen-bond acceptors (Lipinski definition) is 3.